The third-order valence-corrected chi connectivity index (χ3v) is 7.95. The van der Waals surface area contributed by atoms with Crippen LogP contribution >= 0.6 is 0 Å². The van der Waals surface area contributed by atoms with Crippen molar-refractivity contribution in [3.8, 4) is 0 Å². The van der Waals surface area contributed by atoms with Gasteiger partial charge in [-0.25, -0.2) is 15.0 Å². The van der Waals surface area contributed by atoms with Gasteiger partial charge in [-0.1, -0.05) is 41.5 Å². The largest absolute Gasteiger partial charge is 0.349 e. The van der Waals surface area contributed by atoms with E-state index in [-0.39, 0.29) is 72.4 Å². The number of carbonyl (C=O) groups is 5. The molecule has 0 saturated carbocycles. The molecule has 262 valence electrons. The number of aromatic nitrogens is 7. The van der Waals surface area contributed by atoms with Crippen LogP contribution in [0.1, 0.15) is 113 Å². The van der Waals surface area contributed by atoms with Gasteiger partial charge < -0.3 is 23.6 Å². The van der Waals surface area contributed by atoms with Crippen molar-refractivity contribution in [3.63, 3.8) is 0 Å². The molecule has 0 bridgehead atoms. The van der Waals surface area contributed by atoms with E-state index in [0.717, 1.165) is 12.0 Å². The molecule has 0 spiro atoms. The van der Waals surface area contributed by atoms with Crippen molar-refractivity contribution in [1.29, 1.82) is 0 Å². The van der Waals surface area contributed by atoms with Gasteiger partial charge in [-0.15, -0.1) is 0 Å². The highest BCUT2D eigenvalue weighted by Crippen LogP contribution is 2.23. The number of amides is 1. The van der Waals surface area contributed by atoms with Gasteiger partial charge in [0.05, 0.1) is 42.0 Å². The summed E-state index contributed by atoms with van der Waals surface area (Å²) in [6.45, 7) is 12.0. The SMILES string of the molecule is Cn1cc(CC(C)(C)C)cc1C(=O)Cc1cn(C)c(C(=O)Cc2cn(C)c(C(=O)NCCC(=O)Cc3cn(C)c(C(=O)C(C)(C)C)n3)n2)n1. The van der Waals surface area contributed by atoms with E-state index in [0.29, 0.717) is 28.6 Å². The summed E-state index contributed by atoms with van der Waals surface area (Å²) >= 11 is 0. The van der Waals surface area contributed by atoms with Crippen LogP contribution in [0.2, 0.25) is 0 Å². The standard InChI is InChI=1S/C36H48N8O5/c1-35(2,3)17-22-13-27(41(7)18-22)28(46)15-24-20-42(8)31(38-24)29(47)16-25-21-44(10)33(40-25)34(49)37-12-11-26(45)14-23-19-43(9)32(39-23)30(48)36(4,5)6/h13,18-21H,11-12,14-17H2,1-10H3,(H,37,49). The minimum atomic E-state index is -0.591. The highest BCUT2D eigenvalue weighted by molar-refractivity contribution is 5.98. The van der Waals surface area contributed by atoms with Crippen molar-refractivity contribution in [2.24, 2.45) is 39.0 Å². The van der Waals surface area contributed by atoms with E-state index in [4.69, 9.17) is 0 Å². The number of aryl methyl sites for hydroxylation is 4. The quantitative estimate of drug-likeness (QED) is 0.198. The number of nitrogens with zero attached hydrogens (tertiary/aromatic N) is 7. The highest BCUT2D eigenvalue weighted by atomic mass is 16.2. The molecule has 0 radical (unpaired) electrons. The van der Waals surface area contributed by atoms with E-state index < -0.39 is 11.3 Å². The Kier molecular flexibility index (Phi) is 10.7. The molecule has 13 nitrogen and oxygen atoms in total. The summed E-state index contributed by atoms with van der Waals surface area (Å²) in [6, 6.07) is 1.92. The third-order valence-electron chi connectivity index (χ3n) is 7.95. The Hall–Kier alpha value is -4.94. The number of carbonyl (C=O) groups excluding carboxylic acids is 5. The number of ketones is 4. The predicted molar refractivity (Wildman–Crippen MR) is 184 cm³/mol. The minimum absolute atomic E-state index is 0.0450. The monoisotopic (exact) mass is 672 g/mol. The maximum absolute atomic E-state index is 13.2. The van der Waals surface area contributed by atoms with E-state index >= 15 is 0 Å². The lowest BCUT2D eigenvalue weighted by Crippen LogP contribution is -2.28. The van der Waals surface area contributed by atoms with Crippen LogP contribution in [-0.2, 0) is 58.7 Å². The summed E-state index contributed by atoms with van der Waals surface area (Å²) < 4.78 is 6.59. The van der Waals surface area contributed by atoms with Crippen molar-refractivity contribution in [2.75, 3.05) is 6.54 Å². The average molecular weight is 673 g/mol. The van der Waals surface area contributed by atoms with Crippen LogP contribution < -0.4 is 5.32 Å². The lowest BCUT2D eigenvalue weighted by Gasteiger charge is -2.16. The van der Waals surface area contributed by atoms with Gasteiger partial charge in [0.1, 0.15) is 5.78 Å². The van der Waals surface area contributed by atoms with Gasteiger partial charge >= 0.3 is 0 Å². The maximum Gasteiger partial charge on any atom is 0.287 e. The fraction of sp³-hybridized carbons (Fsp3) is 0.500. The fourth-order valence-corrected chi connectivity index (χ4v) is 5.66. The number of rotatable bonds is 14. The van der Waals surface area contributed by atoms with Crippen LogP contribution in [0, 0.1) is 10.8 Å². The van der Waals surface area contributed by atoms with E-state index in [1.807, 2.05) is 44.6 Å². The second-order valence-electron chi connectivity index (χ2n) is 15.1. The summed E-state index contributed by atoms with van der Waals surface area (Å²) in [7, 11) is 6.93. The highest BCUT2D eigenvalue weighted by Gasteiger charge is 2.27. The molecule has 0 saturated heterocycles. The molecule has 0 unspecified atom stereocenters. The molecule has 0 aliphatic heterocycles. The van der Waals surface area contributed by atoms with E-state index in [1.54, 1.807) is 48.9 Å². The van der Waals surface area contributed by atoms with Gasteiger partial charge in [-0.05, 0) is 23.5 Å². The molecule has 1 N–H and O–H groups in total. The van der Waals surface area contributed by atoms with Crippen molar-refractivity contribution in [1.82, 2.24) is 38.5 Å². The van der Waals surface area contributed by atoms with Crippen molar-refractivity contribution in [3.05, 3.63) is 76.7 Å². The number of nitrogens with one attached hydrogen (secondary N) is 1. The molecule has 4 heterocycles. The van der Waals surface area contributed by atoms with E-state index in [1.165, 1.54) is 4.57 Å². The van der Waals surface area contributed by atoms with Gasteiger partial charge in [0, 0.05) is 71.4 Å². The zero-order valence-corrected chi connectivity index (χ0v) is 30.3. The fourth-order valence-electron chi connectivity index (χ4n) is 5.66. The Balaban J connectivity index is 1.30. The zero-order chi connectivity index (χ0) is 36.4. The average Bonchev–Trinajstić information content (AvgIpc) is 3.72. The van der Waals surface area contributed by atoms with Gasteiger partial charge in [0.25, 0.3) is 5.91 Å². The lowest BCUT2D eigenvalue weighted by atomic mass is 9.89. The Morgan fingerprint density at radius 2 is 1.16 bits per heavy atom. The molecule has 4 aromatic rings. The molecule has 4 rings (SSSR count). The Labute approximate surface area is 287 Å². The molecule has 0 aliphatic carbocycles. The van der Waals surface area contributed by atoms with Gasteiger partial charge in [-0.3, -0.25) is 24.0 Å². The van der Waals surface area contributed by atoms with Gasteiger partial charge in [0.2, 0.25) is 11.6 Å². The molecular formula is C36H48N8O5. The first kappa shape index (κ1) is 36.9. The summed E-state index contributed by atoms with van der Waals surface area (Å²) in [6.07, 6.45) is 7.88. The zero-order valence-electron chi connectivity index (χ0n) is 30.3. The molecule has 1 amide bonds. The smallest absolute Gasteiger partial charge is 0.287 e. The molecule has 0 aliphatic rings. The van der Waals surface area contributed by atoms with Crippen LogP contribution in [0.3, 0.4) is 0 Å². The Bertz CT molecular complexity index is 1900. The normalized spacial score (nSPS) is 12.0. The molecule has 4 aromatic heterocycles. The van der Waals surface area contributed by atoms with Crippen LogP contribution in [-0.4, -0.2) is 68.8 Å². The topological polar surface area (TPSA) is 156 Å². The summed E-state index contributed by atoms with van der Waals surface area (Å²) in [4.78, 5) is 77.6. The van der Waals surface area contributed by atoms with Crippen LogP contribution in [0.4, 0.5) is 0 Å². The molecule has 0 fully saturated rings. The molecule has 0 aromatic carbocycles. The van der Waals surface area contributed by atoms with E-state index in [2.05, 4.69) is 41.0 Å². The lowest BCUT2D eigenvalue weighted by molar-refractivity contribution is -0.118. The Morgan fingerprint density at radius 3 is 1.76 bits per heavy atom. The first-order chi connectivity index (χ1) is 22.7. The van der Waals surface area contributed by atoms with Crippen molar-refractivity contribution < 1.29 is 24.0 Å². The Morgan fingerprint density at radius 1 is 0.653 bits per heavy atom. The van der Waals surface area contributed by atoms with Crippen molar-refractivity contribution in [2.45, 2.75) is 73.6 Å². The number of hydrogen-bond acceptors (Lipinski definition) is 8. The third kappa shape index (κ3) is 9.36. The summed E-state index contributed by atoms with van der Waals surface area (Å²) in [5.41, 5.74) is 2.57. The first-order valence-corrected chi connectivity index (χ1v) is 16.3. The van der Waals surface area contributed by atoms with Crippen LogP contribution in [0.15, 0.2) is 30.9 Å². The maximum atomic E-state index is 13.2. The first-order valence-electron chi connectivity index (χ1n) is 16.3. The van der Waals surface area contributed by atoms with Gasteiger partial charge in [-0.2, -0.15) is 0 Å². The molecule has 0 atom stereocenters. The number of Topliss-reactive ketones (excluding diaryl/α,β-unsaturated/α-hetero) is 4. The van der Waals surface area contributed by atoms with Crippen LogP contribution in [0.5, 0.6) is 0 Å². The number of imidazole rings is 3. The van der Waals surface area contributed by atoms with Gasteiger partial charge in [0.15, 0.2) is 23.3 Å². The second-order valence-corrected chi connectivity index (χ2v) is 15.1. The predicted octanol–water partition coefficient (Wildman–Crippen LogP) is 3.83. The number of hydrogen-bond donors (Lipinski definition) is 1. The summed E-state index contributed by atoms with van der Waals surface area (Å²) in [5, 5.41) is 2.71. The molecule has 49 heavy (non-hydrogen) atoms. The molecule has 13 heteroatoms. The second kappa shape index (κ2) is 14.3. The summed E-state index contributed by atoms with van der Waals surface area (Å²) in [5.74, 6) is -0.504. The minimum Gasteiger partial charge on any atom is -0.349 e. The van der Waals surface area contributed by atoms with Crippen molar-refractivity contribution >= 4 is 29.0 Å². The molecular weight excluding hydrogens is 624 g/mol. The van der Waals surface area contributed by atoms with Crippen LogP contribution in [0.25, 0.3) is 0 Å². The van der Waals surface area contributed by atoms with E-state index in [9.17, 15) is 24.0 Å².